The van der Waals surface area contributed by atoms with Crippen molar-refractivity contribution in [3.63, 3.8) is 0 Å². The molecule has 0 unspecified atom stereocenters. The summed E-state index contributed by atoms with van der Waals surface area (Å²) in [7, 11) is 1.63. The van der Waals surface area contributed by atoms with E-state index in [2.05, 4.69) is 5.32 Å². The van der Waals surface area contributed by atoms with Crippen molar-refractivity contribution in [3.8, 4) is 5.75 Å². The average molecular weight is 242 g/mol. The smallest absolute Gasteiger partial charge is 0.219 e. The van der Waals surface area contributed by atoms with E-state index in [4.69, 9.17) is 16.3 Å². The summed E-state index contributed by atoms with van der Waals surface area (Å²) >= 11 is 5.99. The number of carbonyl (C=O) groups is 1. The zero-order valence-corrected chi connectivity index (χ0v) is 10.3. The van der Waals surface area contributed by atoms with Gasteiger partial charge in [0.1, 0.15) is 5.75 Å². The summed E-state index contributed by atoms with van der Waals surface area (Å²) in [6.45, 7) is 2.47. The Kier molecular flexibility index (Phi) is 5.12. The summed E-state index contributed by atoms with van der Waals surface area (Å²) in [6.07, 6.45) is 1.16. The largest absolute Gasteiger partial charge is 0.492 e. The Labute approximate surface area is 101 Å². The number of nitrogens with one attached hydrogen (secondary N) is 1. The van der Waals surface area contributed by atoms with Crippen molar-refractivity contribution in [2.75, 3.05) is 13.7 Å². The predicted octanol–water partition coefficient (Wildman–Crippen LogP) is 2.55. The maximum atomic E-state index is 10.9. The molecule has 0 heterocycles. The molecule has 0 saturated heterocycles. The Bertz CT molecular complexity index is 366. The fraction of sp³-hybridized carbons (Fsp3) is 0.417. The molecule has 1 N–H and O–H groups in total. The van der Waals surface area contributed by atoms with Crippen LogP contribution in [0.5, 0.6) is 5.75 Å². The Morgan fingerprint density at radius 3 is 2.88 bits per heavy atom. The molecule has 0 spiro atoms. The van der Waals surface area contributed by atoms with Crippen LogP contribution in [0.3, 0.4) is 0 Å². The van der Waals surface area contributed by atoms with E-state index < -0.39 is 0 Å². The summed E-state index contributed by atoms with van der Waals surface area (Å²) < 4.78 is 5.47. The summed E-state index contributed by atoms with van der Waals surface area (Å²) in [5, 5.41) is 3.17. The number of carbonyl (C=O) groups excluding carboxylic acids is 1. The van der Waals surface area contributed by atoms with Crippen LogP contribution in [0.1, 0.15) is 18.4 Å². The van der Waals surface area contributed by atoms with Gasteiger partial charge in [-0.3, -0.25) is 4.79 Å². The number of rotatable bonds is 5. The summed E-state index contributed by atoms with van der Waals surface area (Å²) in [5.41, 5.74) is 1.10. The van der Waals surface area contributed by atoms with Crippen LogP contribution in [0.4, 0.5) is 0 Å². The van der Waals surface area contributed by atoms with Gasteiger partial charge in [-0.1, -0.05) is 17.7 Å². The van der Waals surface area contributed by atoms with Gasteiger partial charge < -0.3 is 10.1 Å². The molecule has 0 aromatic heterocycles. The first-order valence-electron chi connectivity index (χ1n) is 5.23. The molecule has 4 heteroatoms. The molecular formula is C12H16ClNO2. The normalized spacial score (nSPS) is 9.94. The van der Waals surface area contributed by atoms with Crippen molar-refractivity contribution < 1.29 is 9.53 Å². The highest BCUT2D eigenvalue weighted by Crippen LogP contribution is 2.25. The maximum absolute atomic E-state index is 10.9. The lowest BCUT2D eigenvalue weighted by Crippen LogP contribution is -2.18. The van der Waals surface area contributed by atoms with E-state index in [1.54, 1.807) is 7.05 Å². The van der Waals surface area contributed by atoms with E-state index >= 15 is 0 Å². The fourth-order valence-electron chi connectivity index (χ4n) is 1.26. The van der Waals surface area contributed by atoms with Crippen molar-refractivity contribution in [2.24, 2.45) is 0 Å². The summed E-state index contributed by atoms with van der Waals surface area (Å²) in [4.78, 5) is 10.9. The zero-order valence-electron chi connectivity index (χ0n) is 9.55. The van der Waals surface area contributed by atoms with Gasteiger partial charge in [0.2, 0.25) is 5.91 Å². The van der Waals surface area contributed by atoms with Crippen LogP contribution >= 0.6 is 11.6 Å². The molecule has 0 atom stereocenters. The first kappa shape index (κ1) is 12.8. The number of hydrogen-bond donors (Lipinski definition) is 1. The number of ether oxygens (including phenoxy) is 1. The molecule has 16 heavy (non-hydrogen) atoms. The monoisotopic (exact) mass is 241 g/mol. The zero-order chi connectivity index (χ0) is 12.0. The summed E-state index contributed by atoms with van der Waals surface area (Å²) in [5.74, 6) is 0.697. The van der Waals surface area contributed by atoms with Crippen LogP contribution in [-0.2, 0) is 4.79 Å². The van der Waals surface area contributed by atoms with Crippen LogP contribution < -0.4 is 10.1 Å². The van der Waals surface area contributed by atoms with E-state index in [0.717, 1.165) is 5.56 Å². The number of hydrogen-bond acceptors (Lipinski definition) is 2. The second kappa shape index (κ2) is 6.38. The van der Waals surface area contributed by atoms with Gasteiger partial charge in [0.15, 0.2) is 0 Å². The lowest BCUT2D eigenvalue weighted by atomic mass is 10.2. The molecule has 0 aliphatic rings. The van der Waals surface area contributed by atoms with Gasteiger partial charge in [0.25, 0.3) is 0 Å². The topological polar surface area (TPSA) is 38.3 Å². The van der Waals surface area contributed by atoms with Crippen molar-refractivity contribution in [1.82, 2.24) is 5.32 Å². The molecule has 1 aromatic rings. The van der Waals surface area contributed by atoms with Crippen LogP contribution in [0.2, 0.25) is 5.02 Å². The van der Waals surface area contributed by atoms with Gasteiger partial charge in [0, 0.05) is 13.5 Å². The molecule has 0 radical (unpaired) electrons. The predicted molar refractivity (Wildman–Crippen MR) is 65.0 cm³/mol. The highest BCUT2D eigenvalue weighted by atomic mass is 35.5. The molecule has 0 aliphatic carbocycles. The first-order chi connectivity index (χ1) is 7.63. The average Bonchev–Trinajstić information content (AvgIpc) is 2.26. The van der Waals surface area contributed by atoms with Gasteiger partial charge in [-0.2, -0.15) is 0 Å². The van der Waals surface area contributed by atoms with Crippen molar-refractivity contribution in [3.05, 3.63) is 28.8 Å². The maximum Gasteiger partial charge on any atom is 0.219 e. The lowest BCUT2D eigenvalue weighted by Gasteiger charge is -2.08. The quantitative estimate of drug-likeness (QED) is 0.805. The Balaban J connectivity index is 2.35. The molecule has 0 saturated carbocycles. The minimum atomic E-state index is 0.0265. The second-order valence-electron chi connectivity index (χ2n) is 3.56. The van der Waals surface area contributed by atoms with Crippen LogP contribution in [0.25, 0.3) is 0 Å². The van der Waals surface area contributed by atoms with E-state index in [1.165, 1.54) is 0 Å². The van der Waals surface area contributed by atoms with E-state index in [0.29, 0.717) is 30.2 Å². The SMILES string of the molecule is CNC(=O)CCCOc1ccc(C)cc1Cl. The van der Waals surface area contributed by atoms with Crippen LogP contribution in [-0.4, -0.2) is 19.6 Å². The fourth-order valence-corrected chi connectivity index (χ4v) is 1.55. The molecule has 1 rings (SSSR count). The van der Waals surface area contributed by atoms with E-state index in [-0.39, 0.29) is 5.91 Å². The Morgan fingerprint density at radius 2 is 2.25 bits per heavy atom. The molecule has 1 aromatic carbocycles. The highest BCUT2D eigenvalue weighted by molar-refractivity contribution is 6.32. The van der Waals surface area contributed by atoms with Crippen LogP contribution in [0, 0.1) is 6.92 Å². The minimum absolute atomic E-state index is 0.0265. The highest BCUT2D eigenvalue weighted by Gasteiger charge is 2.02. The van der Waals surface area contributed by atoms with Crippen molar-refractivity contribution in [2.45, 2.75) is 19.8 Å². The molecule has 1 amide bonds. The Hall–Kier alpha value is -1.22. The minimum Gasteiger partial charge on any atom is -0.492 e. The second-order valence-corrected chi connectivity index (χ2v) is 3.97. The van der Waals surface area contributed by atoms with E-state index in [1.807, 2.05) is 25.1 Å². The van der Waals surface area contributed by atoms with Gasteiger partial charge in [-0.15, -0.1) is 0 Å². The summed E-state index contributed by atoms with van der Waals surface area (Å²) in [6, 6.07) is 5.65. The van der Waals surface area contributed by atoms with Crippen LogP contribution in [0.15, 0.2) is 18.2 Å². The van der Waals surface area contributed by atoms with Gasteiger partial charge in [-0.05, 0) is 31.0 Å². The van der Waals surface area contributed by atoms with Crippen molar-refractivity contribution in [1.29, 1.82) is 0 Å². The molecule has 0 aliphatic heterocycles. The van der Waals surface area contributed by atoms with Crippen molar-refractivity contribution >= 4 is 17.5 Å². The third-order valence-electron chi connectivity index (χ3n) is 2.17. The molecule has 0 bridgehead atoms. The lowest BCUT2D eigenvalue weighted by molar-refractivity contribution is -0.120. The number of amides is 1. The number of aryl methyl sites for hydroxylation is 1. The first-order valence-corrected chi connectivity index (χ1v) is 5.61. The van der Waals surface area contributed by atoms with Gasteiger partial charge >= 0.3 is 0 Å². The molecule has 3 nitrogen and oxygen atoms in total. The van der Waals surface area contributed by atoms with Gasteiger partial charge in [-0.25, -0.2) is 0 Å². The standard InChI is InChI=1S/C12H16ClNO2/c1-9-5-6-11(10(13)8-9)16-7-3-4-12(15)14-2/h5-6,8H,3-4,7H2,1-2H3,(H,14,15). The molecule has 88 valence electrons. The molecule has 0 fully saturated rings. The molecular weight excluding hydrogens is 226 g/mol. The number of benzene rings is 1. The number of halogens is 1. The third-order valence-corrected chi connectivity index (χ3v) is 2.47. The van der Waals surface area contributed by atoms with E-state index in [9.17, 15) is 4.79 Å². The Morgan fingerprint density at radius 1 is 1.50 bits per heavy atom. The van der Waals surface area contributed by atoms with Gasteiger partial charge in [0.05, 0.1) is 11.6 Å². The third kappa shape index (κ3) is 4.11.